The largest absolute Gasteiger partial charge is 0.345 e. The fourth-order valence-corrected chi connectivity index (χ4v) is 2.87. The molecule has 1 N–H and O–H groups in total. The number of aromatic nitrogens is 4. The Kier molecular flexibility index (Phi) is 3.77. The van der Waals surface area contributed by atoms with Crippen LogP contribution in [0.5, 0.6) is 0 Å². The molecule has 4 rings (SSSR count). The van der Waals surface area contributed by atoms with E-state index in [1.54, 1.807) is 24.5 Å². The summed E-state index contributed by atoms with van der Waals surface area (Å²) in [4.78, 5) is 13.6. The minimum Gasteiger partial charge on any atom is -0.345 e. The third-order valence-corrected chi connectivity index (χ3v) is 4.07. The van der Waals surface area contributed by atoms with E-state index in [2.05, 4.69) is 20.1 Å². The first-order valence-electron chi connectivity index (χ1n) is 7.81. The molecule has 2 aromatic carbocycles. The van der Waals surface area contributed by atoms with E-state index in [1.165, 1.54) is 6.07 Å². The first-order valence-corrected chi connectivity index (χ1v) is 7.81. The molecule has 6 nitrogen and oxygen atoms in total. The van der Waals surface area contributed by atoms with E-state index < -0.39 is 6.04 Å². The molecular formula is C18H16FN5O. The second-order valence-corrected chi connectivity index (χ2v) is 5.98. The van der Waals surface area contributed by atoms with Gasteiger partial charge in [0, 0.05) is 11.1 Å². The average Bonchev–Trinajstić information content (AvgIpc) is 3.25. The van der Waals surface area contributed by atoms with Gasteiger partial charge in [0.15, 0.2) is 0 Å². The predicted molar refractivity (Wildman–Crippen MR) is 91.3 cm³/mol. The Hall–Kier alpha value is -3.06. The van der Waals surface area contributed by atoms with Crippen LogP contribution in [0.1, 0.15) is 17.5 Å². The van der Waals surface area contributed by atoms with Crippen LogP contribution >= 0.6 is 0 Å². The molecule has 0 radical (unpaired) electrons. The SMILES string of the molecule is CN(C)C(c1nc(-c2ccc3nc[nH]c3c2)no1)c1ccccc1F. The van der Waals surface area contributed by atoms with Crippen molar-refractivity contribution in [3.8, 4) is 11.4 Å². The smallest absolute Gasteiger partial charge is 0.249 e. The normalized spacial score (nSPS) is 12.8. The van der Waals surface area contributed by atoms with Gasteiger partial charge in [-0.3, -0.25) is 4.90 Å². The van der Waals surface area contributed by atoms with Gasteiger partial charge < -0.3 is 9.51 Å². The van der Waals surface area contributed by atoms with Gasteiger partial charge in [0.2, 0.25) is 11.7 Å². The van der Waals surface area contributed by atoms with Crippen molar-refractivity contribution in [1.29, 1.82) is 0 Å². The Balaban J connectivity index is 1.74. The summed E-state index contributed by atoms with van der Waals surface area (Å²) in [7, 11) is 3.69. The average molecular weight is 337 g/mol. The lowest BCUT2D eigenvalue weighted by Gasteiger charge is -2.21. The van der Waals surface area contributed by atoms with Crippen LogP contribution in [0.4, 0.5) is 4.39 Å². The van der Waals surface area contributed by atoms with Gasteiger partial charge in [0.25, 0.3) is 0 Å². The zero-order valence-corrected chi connectivity index (χ0v) is 13.8. The van der Waals surface area contributed by atoms with Gasteiger partial charge in [0.1, 0.15) is 11.9 Å². The van der Waals surface area contributed by atoms with E-state index in [0.29, 0.717) is 17.3 Å². The summed E-state index contributed by atoms with van der Waals surface area (Å²) in [6, 6.07) is 11.8. The van der Waals surface area contributed by atoms with Crippen molar-refractivity contribution in [3.63, 3.8) is 0 Å². The lowest BCUT2D eigenvalue weighted by atomic mass is 10.1. The minimum absolute atomic E-state index is 0.306. The molecule has 126 valence electrons. The van der Waals surface area contributed by atoms with Crippen LogP contribution in [0, 0.1) is 5.82 Å². The number of imidazole rings is 1. The molecule has 1 atom stereocenters. The molecule has 0 amide bonds. The Bertz CT molecular complexity index is 1020. The van der Waals surface area contributed by atoms with E-state index >= 15 is 0 Å². The van der Waals surface area contributed by atoms with E-state index in [9.17, 15) is 4.39 Å². The third kappa shape index (κ3) is 2.78. The number of rotatable bonds is 4. The Morgan fingerprint density at radius 2 is 2.00 bits per heavy atom. The molecule has 0 fully saturated rings. The maximum absolute atomic E-state index is 14.2. The minimum atomic E-state index is -0.460. The number of nitrogens with zero attached hydrogens (tertiary/aromatic N) is 4. The van der Waals surface area contributed by atoms with Gasteiger partial charge in [-0.15, -0.1) is 0 Å². The summed E-state index contributed by atoms with van der Waals surface area (Å²) in [5.41, 5.74) is 3.05. The van der Waals surface area contributed by atoms with Crippen LogP contribution in [0.2, 0.25) is 0 Å². The number of fused-ring (bicyclic) bond motifs is 1. The van der Waals surface area contributed by atoms with Crippen LogP contribution in [0.25, 0.3) is 22.4 Å². The van der Waals surface area contributed by atoms with Crippen molar-refractivity contribution >= 4 is 11.0 Å². The number of nitrogens with one attached hydrogen (secondary N) is 1. The molecular weight excluding hydrogens is 321 g/mol. The van der Waals surface area contributed by atoms with Crippen LogP contribution < -0.4 is 0 Å². The van der Waals surface area contributed by atoms with E-state index in [-0.39, 0.29) is 5.82 Å². The van der Waals surface area contributed by atoms with Gasteiger partial charge in [-0.1, -0.05) is 23.4 Å². The lowest BCUT2D eigenvalue weighted by Crippen LogP contribution is -2.22. The molecule has 0 spiro atoms. The van der Waals surface area contributed by atoms with Gasteiger partial charge in [0.05, 0.1) is 17.4 Å². The monoisotopic (exact) mass is 337 g/mol. The summed E-state index contributed by atoms with van der Waals surface area (Å²) in [6.45, 7) is 0. The van der Waals surface area contributed by atoms with Crippen molar-refractivity contribution in [1.82, 2.24) is 25.0 Å². The standard InChI is InChI=1S/C18H16FN5O/c1-24(2)16(12-5-3-4-6-13(12)19)18-22-17(23-25-18)11-7-8-14-15(9-11)21-10-20-14/h3-10,16H,1-2H3,(H,20,21). The molecule has 0 saturated carbocycles. The highest BCUT2D eigenvalue weighted by atomic mass is 19.1. The fraction of sp³-hybridized carbons (Fsp3) is 0.167. The number of aromatic amines is 1. The highest BCUT2D eigenvalue weighted by Crippen LogP contribution is 2.29. The Labute approximate surface area is 143 Å². The van der Waals surface area contributed by atoms with Gasteiger partial charge in [-0.25, -0.2) is 9.37 Å². The molecule has 1 unspecified atom stereocenters. The Morgan fingerprint density at radius 1 is 1.16 bits per heavy atom. The zero-order chi connectivity index (χ0) is 17.4. The van der Waals surface area contributed by atoms with Crippen molar-refractivity contribution in [2.75, 3.05) is 14.1 Å². The predicted octanol–water partition coefficient (Wildman–Crippen LogP) is 3.40. The second kappa shape index (κ2) is 6.10. The number of halogens is 1. The number of benzene rings is 2. The van der Waals surface area contributed by atoms with Gasteiger partial charge in [-0.05, 0) is 38.4 Å². The zero-order valence-electron chi connectivity index (χ0n) is 13.8. The number of hydrogen-bond donors (Lipinski definition) is 1. The Morgan fingerprint density at radius 3 is 2.80 bits per heavy atom. The summed E-state index contributed by atoms with van der Waals surface area (Å²) in [5, 5.41) is 4.07. The molecule has 0 aliphatic heterocycles. The molecule has 2 heterocycles. The van der Waals surface area contributed by atoms with Crippen molar-refractivity contribution in [3.05, 3.63) is 66.1 Å². The highest BCUT2D eigenvalue weighted by molar-refractivity contribution is 5.79. The van der Waals surface area contributed by atoms with Gasteiger partial charge in [-0.2, -0.15) is 4.98 Å². The summed E-state index contributed by atoms with van der Waals surface area (Å²) in [6.07, 6.45) is 1.64. The quantitative estimate of drug-likeness (QED) is 0.618. The molecule has 7 heteroatoms. The second-order valence-electron chi connectivity index (χ2n) is 5.98. The fourth-order valence-electron chi connectivity index (χ4n) is 2.87. The molecule has 0 aliphatic carbocycles. The molecule has 2 aromatic heterocycles. The topological polar surface area (TPSA) is 70.8 Å². The molecule has 0 saturated heterocycles. The lowest BCUT2D eigenvalue weighted by molar-refractivity contribution is 0.256. The first-order chi connectivity index (χ1) is 12.1. The van der Waals surface area contributed by atoms with E-state index in [1.807, 2.05) is 37.2 Å². The van der Waals surface area contributed by atoms with E-state index in [0.717, 1.165) is 16.6 Å². The molecule has 4 aromatic rings. The van der Waals surface area contributed by atoms with Crippen LogP contribution in [-0.4, -0.2) is 39.1 Å². The van der Waals surface area contributed by atoms with Crippen molar-refractivity contribution in [2.45, 2.75) is 6.04 Å². The molecule has 25 heavy (non-hydrogen) atoms. The van der Waals surface area contributed by atoms with Crippen molar-refractivity contribution < 1.29 is 8.91 Å². The highest BCUT2D eigenvalue weighted by Gasteiger charge is 2.26. The van der Waals surface area contributed by atoms with Crippen molar-refractivity contribution in [2.24, 2.45) is 0 Å². The molecule has 0 bridgehead atoms. The summed E-state index contributed by atoms with van der Waals surface area (Å²) in [5.74, 6) is 0.490. The summed E-state index contributed by atoms with van der Waals surface area (Å²) < 4.78 is 19.7. The van der Waals surface area contributed by atoms with Crippen LogP contribution in [-0.2, 0) is 0 Å². The molecule has 0 aliphatic rings. The maximum Gasteiger partial charge on any atom is 0.249 e. The third-order valence-electron chi connectivity index (χ3n) is 4.07. The van der Waals surface area contributed by atoms with Crippen LogP contribution in [0.15, 0.2) is 53.3 Å². The van der Waals surface area contributed by atoms with Crippen LogP contribution in [0.3, 0.4) is 0 Å². The first kappa shape index (κ1) is 15.5. The summed E-state index contributed by atoms with van der Waals surface area (Å²) >= 11 is 0. The maximum atomic E-state index is 14.2. The van der Waals surface area contributed by atoms with E-state index in [4.69, 9.17) is 4.52 Å². The van der Waals surface area contributed by atoms with Gasteiger partial charge >= 0.3 is 0 Å². The number of hydrogen-bond acceptors (Lipinski definition) is 5. The number of H-pyrrole nitrogens is 1.